The highest BCUT2D eigenvalue weighted by Gasteiger charge is 2.39. The lowest BCUT2D eigenvalue weighted by Gasteiger charge is -2.38. The summed E-state index contributed by atoms with van der Waals surface area (Å²) in [6.07, 6.45) is 4.44. The number of carbonyl (C=O) groups is 1. The van der Waals surface area contributed by atoms with Crippen LogP contribution in [0.15, 0.2) is 29.2 Å². The van der Waals surface area contributed by atoms with Gasteiger partial charge >= 0.3 is 0 Å². The van der Waals surface area contributed by atoms with Crippen LogP contribution < -0.4 is 0 Å². The largest absolute Gasteiger partial charge is 0.335 e. The Bertz CT molecular complexity index is 1110. The van der Waals surface area contributed by atoms with Crippen LogP contribution >= 0.6 is 0 Å². The summed E-state index contributed by atoms with van der Waals surface area (Å²) in [6.45, 7) is 1.59. The summed E-state index contributed by atoms with van der Waals surface area (Å²) in [5.41, 5.74) is 0.402. The molecule has 1 saturated carbocycles. The standard InChI is InChI=1S/C22H30N4O5S2/c23-15-18-5-7-21(8-6-18)33(30,31)25-12-10-24(11-13-25)16-22(27)26(19-3-1-2-4-19)20-9-14-32(28,29)17-20/h5-8,19-20H,1-4,9-14,16-17H2. The van der Waals surface area contributed by atoms with E-state index in [0.717, 1.165) is 25.7 Å². The van der Waals surface area contributed by atoms with Crippen molar-refractivity contribution in [1.82, 2.24) is 14.1 Å². The van der Waals surface area contributed by atoms with Gasteiger partial charge in [-0.2, -0.15) is 9.57 Å². The lowest BCUT2D eigenvalue weighted by Crippen LogP contribution is -2.54. The number of nitrogens with zero attached hydrogens (tertiary/aromatic N) is 4. The molecule has 1 aliphatic carbocycles. The molecule has 180 valence electrons. The van der Waals surface area contributed by atoms with Crippen molar-refractivity contribution in [2.75, 3.05) is 44.2 Å². The van der Waals surface area contributed by atoms with E-state index in [2.05, 4.69) is 0 Å². The molecule has 33 heavy (non-hydrogen) atoms. The highest BCUT2D eigenvalue weighted by Crippen LogP contribution is 2.29. The van der Waals surface area contributed by atoms with Crippen LogP contribution in [0.25, 0.3) is 0 Å². The summed E-state index contributed by atoms with van der Waals surface area (Å²) in [4.78, 5) is 17.2. The number of nitriles is 1. The lowest BCUT2D eigenvalue weighted by molar-refractivity contribution is -0.137. The summed E-state index contributed by atoms with van der Waals surface area (Å²) in [5, 5.41) is 8.91. The summed E-state index contributed by atoms with van der Waals surface area (Å²) in [5.74, 6) is 0.138. The number of benzene rings is 1. The van der Waals surface area contributed by atoms with Crippen LogP contribution in [-0.2, 0) is 24.7 Å². The quantitative estimate of drug-likeness (QED) is 0.574. The smallest absolute Gasteiger partial charge is 0.243 e. The third kappa shape index (κ3) is 5.40. The van der Waals surface area contributed by atoms with Crippen molar-refractivity contribution in [3.05, 3.63) is 29.8 Å². The molecule has 3 aliphatic rings. The molecule has 2 aliphatic heterocycles. The Morgan fingerprint density at radius 3 is 2.21 bits per heavy atom. The molecule has 9 nitrogen and oxygen atoms in total. The van der Waals surface area contributed by atoms with Gasteiger partial charge in [-0.3, -0.25) is 9.69 Å². The van der Waals surface area contributed by atoms with Crippen molar-refractivity contribution in [3.63, 3.8) is 0 Å². The maximum Gasteiger partial charge on any atom is 0.243 e. The van der Waals surface area contributed by atoms with E-state index >= 15 is 0 Å². The van der Waals surface area contributed by atoms with Gasteiger partial charge in [0.15, 0.2) is 9.84 Å². The van der Waals surface area contributed by atoms with Gasteiger partial charge in [0.2, 0.25) is 15.9 Å². The molecule has 0 N–H and O–H groups in total. The van der Waals surface area contributed by atoms with Gasteiger partial charge in [0, 0.05) is 38.3 Å². The minimum absolute atomic E-state index is 0.0475. The second kappa shape index (κ2) is 9.70. The van der Waals surface area contributed by atoms with E-state index < -0.39 is 19.9 Å². The maximum absolute atomic E-state index is 13.3. The van der Waals surface area contributed by atoms with Gasteiger partial charge < -0.3 is 4.90 Å². The SMILES string of the molecule is N#Cc1ccc(S(=O)(=O)N2CCN(CC(=O)N(C3CCCC3)C3CCS(=O)(=O)C3)CC2)cc1. The Hall–Kier alpha value is -2.00. The lowest BCUT2D eigenvalue weighted by atomic mass is 10.1. The predicted molar refractivity (Wildman–Crippen MR) is 123 cm³/mol. The Kier molecular flexibility index (Phi) is 7.09. The first-order chi connectivity index (χ1) is 15.7. The number of rotatable bonds is 6. The fourth-order valence-corrected chi connectivity index (χ4v) is 8.27. The minimum Gasteiger partial charge on any atom is -0.335 e. The van der Waals surface area contributed by atoms with Crippen LogP contribution in [0.5, 0.6) is 0 Å². The monoisotopic (exact) mass is 494 g/mol. The van der Waals surface area contributed by atoms with E-state index in [1.807, 2.05) is 15.9 Å². The number of hydrogen-bond acceptors (Lipinski definition) is 7. The molecule has 0 radical (unpaired) electrons. The molecule has 1 unspecified atom stereocenters. The Morgan fingerprint density at radius 2 is 1.67 bits per heavy atom. The first-order valence-electron chi connectivity index (χ1n) is 11.4. The van der Waals surface area contributed by atoms with E-state index in [1.54, 1.807) is 0 Å². The van der Waals surface area contributed by atoms with Gasteiger partial charge in [-0.25, -0.2) is 16.8 Å². The molecule has 0 bridgehead atoms. The molecule has 2 heterocycles. The van der Waals surface area contributed by atoms with Crippen molar-refractivity contribution in [2.45, 2.75) is 49.1 Å². The zero-order valence-corrected chi connectivity index (χ0v) is 20.2. The Morgan fingerprint density at radius 1 is 1.03 bits per heavy atom. The van der Waals surface area contributed by atoms with Gasteiger partial charge in [-0.1, -0.05) is 12.8 Å². The van der Waals surface area contributed by atoms with E-state index in [9.17, 15) is 21.6 Å². The molecule has 0 aromatic heterocycles. The zero-order valence-electron chi connectivity index (χ0n) is 18.6. The van der Waals surface area contributed by atoms with Gasteiger partial charge in [0.1, 0.15) is 0 Å². The highest BCUT2D eigenvalue weighted by molar-refractivity contribution is 7.91. The minimum atomic E-state index is -3.66. The molecule has 4 rings (SSSR count). The van der Waals surface area contributed by atoms with E-state index in [0.29, 0.717) is 25.1 Å². The van der Waals surface area contributed by atoms with Crippen LogP contribution in [0.3, 0.4) is 0 Å². The highest BCUT2D eigenvalue weighted by atomic mass is 32.2. The Balaban J connectivity index is 1.38. The molecule has 11 heteroatoms. The summed E-state index contributed by atoms with van der Waals surface area (Å²) in [7, 11) is -6.75. The number of piperazine rings is 1. The van der Waals surface area contributed by atoms with E-state index in [-0.39, 0.29) is 54.0 Å². The predicted octanol–water partition coefficient (Wildman–Crippen LogP) is 0.823. The molecule has 1 amide bonds. The molecule has 2 saturated heterocycles. The molecule has 3 fully saturated rings. The average molecular weight is 495 g/mol. The number of hydrogen-bond donors (Lipinski definition) is 0. The summed E-state index contributed by atoms with van der Waals surface area (Å²) < 4.78 is 51.3. The van der Waals surface area contributed by atoms with Crippen LogP contribution in [0.2, 0.25) is 0 Å². The van der Waals surface area contributed by atoms with Crippen LogP contribution in [0, 0.1) is 11.3 Å². The molecule has 1 aromatic carbocycles. The summed E-state index contributed by atoms with van der Waals surface area (Å²) >= 11 is 0. The van der Waals surface area contributed by atoms with Crippen molar-refractivity contribution in [2.24, 2.45) is 0 Å². The van der Waals surface area contributed by atoms with Crippen LogP contribution in [0.4, 0.5) is 0 Å². The zero-order chi connectivity index (χ0) is 23.6. The number of sulfonamides is 1. The first kappa shape index (κ1) is 24.1. The fraction of sp³-hybridized carbons (Fsp3) is 0.636. The maximum atomic E-state index is 13.3. The van der Waals surface area contributed by atoms with E-state index in [4.69, 9.17) is 5.26 Å². The summed E-state index contributed by atoms with van der Waals surface area (Å²) in [6, 6.07) is 7.70. The molecule has 0 spiro atoms. The third-order valence-electron chi connectivity index (χ3n) is 6.92. The van der Waals surface area contributed by atoms with E-state index in [1.165, 1.54) is 28.6 Å². The average Bonchev–Trinajstić information content (AvgIpc) is 3.44. The Labute approximate surface area is 195 Å². The van der Waals surface area contributed by atoms with Gasteiger partial charge in [-0.15, -0.1) is 0 Å². The van der Waals surface area contributed by atoms with Crippen LogP contribution in [0.1, 0.15) is 37.7 Å². The van der Waals surface area contributed by atoms with Crippen LogP contribution in [-0.4, -0.2) is 93.2 Å². The third-order valence-corrected chi connectivity index (χ3v) is 10.6. The molecule has 1 atom stereocenters. The first-order valence-corrected chi connectivity index (χ1v) is 14.7. The fourth-order valence-electron chi connectivity index (χ4n) is 5.13. The molecule has 1 aromatic rings. The van der Waals surface area contributed by atoms with Gasteiger partial charge in [-0.05, 0) is 43.5 Å². The number of sulfone groups is 1. The van der Waals surface area contributed by atoms with Crippen molar-refractivity contribution < 1.29 is 21.6 Å². The molecular weight excluding hydrogens is 464 g/mol. The van der Waals surface area contributed by atoms with Crippen molar-refractivity contribution in [1.29, 1.82) is 5.26 Å². The van der Waals surface area contributed by atoms with Crippen molar-refractivity contribution in [3.8, 4) is 6.07 Å². The van der Waals surface area contributed by atoms with Gasteiger partial charge in [0.05, 0.1) is 34.6 Å². The number of carbonyl (C=O) groups excluding carboxylic acids is 1. The van der Waals surface area contributed by atoms with Gasteiger partial charge in [0.25, 0.3) is 0 Å². The second-order valence-electron chi connectivity index (χ2n) is 9.11. The topological polar surface area (TPSA) is 119 Å². The molecular formula is C22H30N4O5S2. The second-order valence-corrected chi connectivity index (χ2v) is 13.3. The van der Waals surface area contributed by atoms with Crippen molar-refractivity contribution >= 4 is 25.8 Å². The normalized spacial score (nSPS) is 24.5. The number of amides is 1.